The van der Waals surface area contributed by atoms with Gasteiger partial charge in [-0.25, -0.2) is 0 Å². The lowest BCUT2D eigenvalue weighted by Gasteiger charge is -2.28. The van der Waals surface area contributed by atoms with Gasteiger partial charge in [0.2, 0.25) is 11.8 Å². The Kier molecular flexibility index (Phi) is 4.39. The summed E-state index contributed by atoms with van der Waals surface area (Å²) in [6.45, 7) is 0.0602. The number of carbonyl (C=O) groups excluding carboxylic acids is 2. The van der Waals surface area contributed by atoms with E-state index < -0.39 is 5.41 Å². The third kappa shape index (κ3) is 3.27. The van der Waals surface area contributed by atoms with Crippen LogP contribution in [0.3, 0.4) is 0 Å². The van der Waals surface area contributed by atoms with Crippen molar-refractivity contribution in [1.29, 1.82) is 0 Å². The van der Waals surface area contributed by atoms with Crippen LogP contribution in [-0.4, -0.2) is 24.4 Å². The Balaban J connectivity index is 1.68. The first-order valence-corrected chi connectivity index (χ1v) is 8.32. The molecule has 0 atom stereocenters. The molecule has 2 aliphatic rings. The third-order valence-corrected chi connectivity index (χ3v) is 4.89. The highest BCUT2D eigenvalue weighted by atomic mass is 35.5. The molecule has 3 rings (SSSR count). The van der Waals surface area contributed by atoms with Gasteiger partial charge < -0.3 is 10.6 Å². The highest BCUT2D eigenvalue weighted by Crippen LogP contribution is 2.41. The first-order valence-electron chi connectivity index (χ1n) is 7.94. The van der Waals surface area contributed by atoms with E-state index in [0.29, 0.717) is 11.1 Å². The van der Waals surface area contributed by atoms with Crippen LogP contribution in [0, 0.1) is 0 Å². The standard InChI is InChI=1S/C17H21ClN2O2/c18-13-5-3-12(4-6-13)17(9-1-2-10-17)16(22)19-11-15(21)20-14-7-8-14/h3-6,14H,1-2,7-11H2,(H,19,22)(H,20,21). The highest BCUT2D eigenvalue weighted by molar-refractivity contribution is 6.30. The second-order valence-electron chi connectivity index (χ2n) is 6.32. The van der Waals surface area contributed by atoms with Crippen molar-refractivity contribution in [3.8, 4) is 0 Å². The van der Waals surface area contributed by atoms with Crippen LogP contribution in [0.4, 0.5) is 0 Å². The van der Waals surface area contributed by atoms with Gasteiger partial charge in [0.25, 0.3) is 0 Å². The van der Waals surface area contributed by atoms with E-state index in [1.54, 1.807) is 0 Å². The Bertz CT molecular complexity index is 561. The van der Waals surface area contributed by atoms with Gasteiger partial charge in [0.1, 0.15) is 0 Å². The average Bonchev–Trinajstić information content (AvgIpc) is 3.17. The monoisotopic (exact) mass is 320 g/mol. The largest absolute Gasteiger partial charge is 0.352 e. The predicted octanol–water partition coefficient (Wildman–Crippen LogP) is 2.55. The number of hydrogen-bond acceptors (Lipinski definition) is 2. The Morgan fingerprint density at radius 3 is 2.36 bits per heavy atom. The van der Waals surface area contributed by atoms with Crippen molar-refractivity contribution in [2.45, 2.75) is 50.0 Å². The van der Waals surface area contributed by atoms with Gasteiger partial charge in [0, 0.05) is 11.1 Å². The molecule has 2 aliphatic carbocycles. The average molecular weight is 321 g/mol. The summed E-state index contributed by atoms with van der Waals surface area (Å²) in [5.41, 5.74) is 0.485. The fraction of sp³-hybridized carbons (Fsp3) is 0.529. The van der Waals surface area contributed by atoms with Gasteiger partial charge >= 0.3 is 0 Å². The molecule has 2 saturated carbocycles. The fourth-order valence-electron chi connectivity index (χ4n) is 3.23. The summed E-state index contributed by atoms with van der Waals surface area (Å²) in [5, 5.41) is 6.38. The van der Waals surface area contributed by atoms with Gasteiger partial charge in [-0.2, -0.15) is 0 Å². The summed E-state index contributed by atoms with van der Waals surface area (Å²) in [7, 11) is 0. The number of rotatable bonds is 5. The second-order valence-corrected chi connectivity index (χ2v) is 6.76. The molecule has 4 nitrogen and oxygen atoms in total. The molecule has 0 aromatic heterocycles. The molecule has 1 aromatic carbocycles. The number of halogens is 1. The minimum absolute atomic E-state index is 0.0433. The molecule has 0 heterocycles. The van der Waals surface area contributed by atoms with Crippen molar-refractivity contribution in [1.82, 2.24) is 10.6 Å². The quantitative estimate of drug-likeness (QED) is 0.876. The summed E-state index contributed by atoms with van der Waals surface area (Å²) in [6.07, 6.45) is 5.81. The molecule has 1 aromatic rings. The summed E-state index contributed by atoms with van der Waals surface area (Å²) < 4.78 is 0. The van der Waals surface area contributed by atoms with Crippen molar-refractivity contribution in [2.24, 2.45) is 0 Å². The van der Waals surface area contributed by atoms with Gasteiger partial charge in [-0.15, -0.1) is 0 Å². The number of benzene rings is 1. The molecule has 2 N–H and O–H groups in total. The van der Waals surface area contributed by atoms with Crippen LogP contribution in [0.2, 0.25) is 5.02 Å². The van der Waals surface area contributed by atoms with E-state index in [1.807, 2.05) is 24.3 Å². The number of carbonyl (C=O) groups is 2. The summed E-state index contributed by atoms with van der Waals surface area (Å²) in [4.78, 5) is 24.5. The number of nitrogens with one attached hydrogen (secondary N) is 2. The summed E-state index contributed by atoms with van der Waals surface area (Å²) in [5.74, 6) is -0.140. The molecule has 0 radical (unpaired) electrons. The lowest BCUT2D eigenvalue weighted by Crippen LogP contribution is -2.46. The van der Waals surface area contributed by atoms with E-state index in [9.17, 15) is 9.59 Å². The Hall–Kier alpha value is -1.55. The topological polar surface area (TPSA) is 58.2 Å². The normalized spacial score (nSPS) is 19.7. The summed E-state index contributed by atoms with van der Waals surface area (Å²) >= 11 is 5.95. The molecule has 0 aliphatic heterocycles. The van der Waals surface area contributed by atoms with Gasteiger partial charge in [0.05, 0.1) is 12.0 Å². The molecule has 0 bridgehead atoms. The zero-order chi connectivity index (χ0) is 15.6. The smallest absolute Gasteiger partial charge is 0.239 e. The van der Waals surface area contributed by atoms with Crippen molar-refractivity contribution < 1.29 is 9.59 Å². The Labute approximate surface area is 135 Å². The van der Waals surface area contributed by atoms with Crippen LogP contribution in [0.25, 0.3) is 0 Å². The molecule has 0 unspecified atom stereocenters. The van der Waals surface area contributed by atoms with E-state index >= 15 is 0 Å². The first kappa shape index (κ1) is 15.3. The van der Waals surface area contributed by atoms with E-state index in [0.717, 1.165) is 44.1 Å². The molecule has 2 amide bonds. The van der Waals surface area contributed by atoms with Crippen LogP contribution in [0.1, 0.15) is 44.1 Å². The lowest BCUT2D eigenvalue weighted by atomic mass is 9.78. The third-order valence-electron chi connectivity index (χ3n) is 4.64. The Morgan fingerprint density at radius 1 is 1.14 bits per heavy atom. The van der Waals surface area contributed by atoms with E-state index in [-0.39, 0.29) is 18.4 Å². The van der Waals surface area contributed by atoms with E-state index in [4.69, 9.17) is 11.6 Å². The molecular formula is C17H21ClN2O2. The van der Waals surface area contributed by atoms with E-state index in [1.165, 1.54) is 0 Å². The minimum atomic E-state index is -0.509. The molecule has 118 valence electrons. The minimum Gasteiger partial charge on any atom is -0.352 e. The zero-order valence-corrected chi connectivity index (χ0v) is 13.3. The van der Waals surface area contributed by atoms with Crippen LogP contribution in [0.15, 0.2) is 24.3 Å². The molecule has 2 fully saturated rings. The number of amides is 2. The van der Waals surface area contributed by atoms with Crippen molar-refractivity contribution in [3.63, 3.8) is 0 Å². The molecule has 0 saturated heterocycles. The van der Waals surface area contributed by atoms with Crippen molar-refractivity contribution in [3.05, 3.63) is 34.9 Å². The van der Waals surface area contributed by atoms with Crippen molar-refractivity contribution in [2.75, 3.05) is 6.54 Å². The van der Waals surface area contributed by atoms with Crippen LogP contribution in [0.5, 0.6) is 0 Å². The van der Waals surface area contributed by atoms with E-state index in [2.05, 4.69) is 10.6 Å². The fourth-order valence-corrected chi connectivity index (χ4v) is 3.36. The van der Waals surface area contributed by atoms with Crippen LogP contribution < -0.4 is 10.6 Å². The molecule has 0 spiro atoms. The molecule has 5 heteroatoms. The van der Waals surface area contributed by atoms with Crippen LogP contribution in [-0.2, 0) is 15.0 Å². The maximum Gasteiger partial charge on any atom is 0.239 e. The van der Waals surface area contributed by atoms with Crippen LogP contribution >= 0.6 is 11.6 Å². The SMILES string of the molecule is O=C(CNC(=O)C1(c2ccc(Cl)cc2)CCCC1)NC1CC1. The number of hydrogen-bond donors (Lipinski definition) is 2. The molecule has 22 heavy (non-hydrogen) atoms. The van der Waals surface area contributed by atoms with Crippen molar-refractivity contribution >= 4 is 23.4 Å². The maximum absolute atomic E-state index is 12.7. The Morgan fingerprint density at radius 2 is 1.77 bits per heavy atom. The van der Waals surface area contributed by atoms with Gasteiger partial charge in [-0.05, 0) is 43.4 Å². The predicted molar refractivity (Wildman–Crippen MR) is 85.8 cm³/mol. The second kappa shape index (κ2) is 6.29. The highest BCUT2D eigenvalue weighted by Gasteiger charge is 2.42. The molecular weight excluding hydrogens is 300 g/mol. The maximum atomic E-state index is 12.7. The van der Waals surface area contributed by atoms with Gasteiger partial charge in [-0.3, -0.25) is 9.59 Å². The lowest BCUT2D eigenvalue weighted by molar-refractivity contribution is -0.129. The summed E-state index contributed by atoms with van der Waals surface area (Å²) in [6, 6.07) is 7.82. The van der Waals surface area contributed by atoms with Gasteiger partial charge in [-0.1, -0.05) is 36.6 Å². The zero-order valence-electron chi connectivity index (χ0n) is 12.5. The first-order chi connectivity index (χ1) is 10.6. The van der Waals surface area contributed by atoms with Gasteiger partial charge in [0.15, 0.2) is 0 Å².